The van der Waals surface area contributed by atoms with Crippen LogP contribution in [0.1, 0.15) is 36.7 Å². The van der Waals surface area contributed by atoms with E-state index in [0.717, 1.165) is 47.3 Å². The van der Waals surface area contributed by atoms with Gasteiger partial charge in [-0.05, 0) is 35.2 Å². The summed E-state index contributed by atoms with van der Waals surface area (Å²) in [5.74, 6) is 0.918. The predicted octanol–water partition coefficient (Wildman–Crippen LogP) is 4.65. The molecule has 0 radical (unpaired) electrons. The minimum atomic E-state index is -0.132. The maximum Gasteiger partial charge on any atom is 0.274 e. The minimum Gasteiger partial charge on any atom is -0.327 e. The van der Waals surface area contributed by atoms with Crippen LogP contribution < -0.4 is 5.56 Å². The number of unbranched alkanes of at least 4 members (excludes halogenated alkanes) is 1. The van der Waals surface area contributed by atoms with Crippen LogP contribution in [0.25, 0.3) is 22.2 Å². The summed E-state index contributed by atoms with van der Waals surface area (Å²) in [6.45, 7) is 2.67. The first kappa shape index (κ1) is 18.7. The molecule has 4 aromatic rings. The van der Waals surface area contributed by atoms with Gasteiger partial charge in [0.25, 0.3) is 5.56 Å². The molecule has 1 N–H and O–H groups in total. The minimum absolute atomic E-state index is 0.132. The van der Waals surface area contributed by atoms with E-state index in [1.54, 1.807) is 6.20 Å². The number of rotatable bonds is 6. The quantitative estimate of drug-likeness (QED) is 0.527. The molecule has 0 saturated heterocycles. The zero-order valence-electron chi connectivity index (χ0n) is 16.4. The summed E-state index contributed by atoms with van der Waals surface area (Å²) in [6.07, 6.45) is 4.54. The lowest BCUT2D eigenvalue weighted by Crippen LogP contribution is -2.13. The fourth-order valence-corrected chi connectivity index (χ4v) is 3.74. The lowest BCUT2D eigenvalue weighted by atomic mass is 9.96. The van der Waals surface area contributed by atoms with Crippen LogP contribution in [0.3, 0.4) is 0 Å². The molecular formula is C24H22N4O. The highest BCUT2D eigenvalue weighted by molar-refractivity contribution is 5.76. The molecule has 0 fully saturated rings. The average Bonchev–Trinajstić information content (AvgIpc) is 3.11. The zero-order chi connectivity index (χ0) is 20.2. The standard InChI is InChI=1S/C24H22N4O/c1-2-3-12-22-27-21-13-14-26-24(29)23(21)28(22)16-18-9-5-7-11-20(18)19-10-6-4-8-17(19)15-25/h4-11,13-14H,2-3,12,16H2,1H3,(H,26,29). The second kappa shape index (κ2) is 8.15. The molecule has 0 atom stereocenters. The summed E-state index contributed by atoms with van der Waals surface area (Å²) in [6, 6.07) is 19.8. The van der Waals surface area contributed by atoms with Crippen LogP contribution in [-0.4, -0.2) is 14.5 Å². The van der Waals surface area contributed by atoms with E-state index in [9.17, 15) is 10.1 Å². The van der Waals surface area contributed by atoms with Crippen molar-refractivity contribution in [3.05, 3.63) is 88.1 Å². The van der Waals surface area contributed by atoms with Crippen molar-refractivity contribution in [1.29, 1.82) is 5.26 Å². The van der Waals surface area contributed by atoms with Crippen LogP contribution in [-0.2, 0) is 13.0 Å². The SMILES string of the molecule is CCCCc1nc2cc[nH]c(=O)c2n1Cc1ccccc1-c1ccccc1C#N. The number of hydrogen-bond donors (Lipinski definition) is 1. The van der Waals surface area contributed by atoms with Crippen LogP contribution in [0, 0.1) is 11.3 Å². The van der Waals surface area contributed by atoms with E-state index in [4.69, 9.17) is 4.98 Å². The van der Waals surface area contributed by atoms with Gasteiger partial charge in [-0.2, -0.15) is 5.26 Å². The highest BCUT2D eigenvalue weighted by Gasteiger charge is 2.16. The molecule has 0 aliphatic rings. The van der Waals surface area contributed by atoms with Crippen LogP contribution in [0.2, 0.25) is 0 Å². The summed E-state index contributed by atoms with van der Waals surface area (Å²) in [5, 5.41) is 9.54. The van der Waals surface area contributed by atoms with E-state index in [1.807, 2.05) is 53.1 Å². The summed E-state index contributed by atoms with van der Waals surface area (Å²) < 4.78 is 2.03. The average molecular weight is 382 g/mol. The number of nitrogens with one attached hydrogen (secondary N) is 1. The maximum absolute atomic E-state index is 12.6. The van der Waals surface area contributed by atoms with Gasteiger partial charge in [-0.15, -0.1) is 0 Å². The van der Waals surface area contributed by atoms with Crippen LogP contribution in [0.5, 0.6) is 0 Å². The van der Waals surface area contributed by atoms with Gasteiger partial charge < -0.3 is 9.55 Å². The molecule has 2 aromatic heterocycles. The Morgan fingerprint density at radius 2 is 1.83 bits per heavy atom. The van der Waals surface area contributed by atoms with Gasteiger partial charge in [0.15, 0.2) is 0 Å². The van der Waals surface area contributed by atoms with Crippen molar-refractivity contribution in [2.75, 3.05) is 0 Å². The van der Waals surface area contributed by atoms with E-state index in [2.05, 4.69) is 24.0 Å². The third-order valence-electron chi connectivity index (χ3n) is 5.18. The van der Waals surface area contributed by atoms with E-state index in [1.165, 1.54) is 0 Å². The maximum atomic E-state index is 12.6. The van der Waals surface area contributed by atoms with Crippen LogP contribution >= 0.6 is 0 Å². The topological polar surface area (TPSA) is 74.5 Å². The first-order valence-electron chi connectivity index (χ1n) is 9.87. The van der Waals surface area contributed by atoms with Gasteiger partial charge in [0.1, 0.15) is 11.3 Å². The number of benzene rings is 2. The highest BCUT2D eigenvalue weighted by Crippen LogP contribution is 2.28. The van der Waals surface area contributed by atoms with Gasteiger partial charge in [0, 0.05) is 12.6 Å². The first-order valence-corrected chi connectivity index (χ1v) is 9.87. The van der Waals surface area contributed by atoms with Crippen LogP contribution in [0.15, 0.2) is 65.6 Å². The molecule has 29 heavy (non-hydrogen) atoms. The lowest BCUT2D eigenvalue weighted by Gasteiger charge is -2.14. The smallest absolute Gasteiger partial charge is 0.274 e. The molecule has 0 aliphatic carbocycles. The summed E-state index contributed by atoms with van der Waals surface area (Å²) in [5.41, 5.74) is 4.78. The number of aromatic nitrogens is 3. The lowest BCUT2D eigenvalue weighted by molar-refractivity contribution is 0.689. The molecule has 5 nitrogen and oxygen atoms in total. The molecule has 0 aliphatic heterocycles. The number of fused-ring (bicyclic) bond motifs is 1. The number of aryl methyl sites for hydroxylation is 1. The van der Waals surface area contributed by atoms with Gasteiger partial charge in [0.2, 0.25) is 0 Å². The largest absolute Gasteiger partial charge is 0.327 e. The van der Waals surface area contributed by atoms with Crippen molar-refractivity contribution in [2.45, 2.75) is 32.7 Å². The number of nitriles is 1. The number of pyridine rings is 1. The van der Waals surface area contributed by atoms with Crippen molar-refractivity contribution in [3.63, 3.8) is 0 Å². The van der Waals surface area contributed by atoms with Gasteiger partial charge in [-0.1, -0.05) is 55.8 Å². The molecule has 0 spiro atoms. The Kier molecular flexibility index (Phi) is 5.26. The van der Waals surface area contributed by atoms with E-state index in [-0.39, 0.29) is 5.56 Å². The Balaban J connectivity index is 1.87. The van der Waals surface area contributed by atoms with E-state index < -0.39 is 0 Å². The van der Waals surface area contributed by atoms with Crippen molar-refractivity contribution in [2.24, 2.45) is 0 Å². The Morgan fingerprint density at radius 1 is 1.07 bits per heavy atom. The predicted molar refractivity (Wildman–Crippen MR) is 115 cm³/mol. The first-order chi connectivity index (χ1) is 14.2. The summed E-state index contributed by atoms with van der Waals surface area (Å²) in [7, 11) is 0. The second-order valence-corrected chi connectivity index (χ2v) is 7.07. The molecule has 2 heterocycles. The van der Waals surface area contributed by atoms with Gasteiger partial charge in [0.05, 0.1) is 23.7 Å². The summed E-state index contributed by atoms with van der Waals surface area (Å²) >= 11 is 0. The number of H-pyrrole nitrogens is 1. The van der Waals surface area contributed by atoms with Gasteiger partial charge in [-0.3, -0.25) is 4.79 Å². The number of hydrogen-bond acceptors (Lipinski definition) is 3. The zero-order valence-corrected chi connectivity index (χ0v) is 16.4. The molecule has 5 heteroatoms. The second-order valence-electron chi connectivity index (χ2n) is 7.07. The highest BCUT2D eigenvalue weighted by atomic mass is 16.1. The Bertz CT molecular complexity index is 1260. The number of nitrogens with zero attached hydrogens (tertiary/aromatic N) is 3. The van der Waals surface area contributed by atoms with Gasteiger partial charge >= 0.3 is 0 Å². The van der Waals surface area contributed by atoms with Crippen molar-refractivity contribution in [3.8, 4) is 17.2 Å². The third kappa shape index (κ3) is 3.57. The van der Waals surface area contributed by atoms with Crippen LogP contribution in [0.4, 0.5) is 0 Å². The molecule has 2 aromatic carbocycles. The number of aromatic amines is 1. The van der Waals surface area contributed by atoms with E-state index >= 15 is 0 Å². The van der Waals surface area contributed by atoms with Crippen molar-refractivity contribution >= 4 is 11.0 Å². The Morgan fingerprint density at radius 3 is 2.62 bits per heavy atom. The third-order valence-corrected chi connectivity index (χ3v) is 5.18. The molecule has 144 valence electrons. The normalized spacial score (nSPS) is 10.9. The molecule has 0 bridgehead atoms. The number of imidazole rings is 1. The molecule has 0 unspecified atom stereocenters. The molecule has 0 amide bonds. The fraction of sp³-hybridized carbons (Fsp3) is 0.208. The van der Waals surface area contributed by atoms with Crippen molar-refractivity contribution < 1.29 is 0 Å². The fourth-order valence-electron chi connectivity index (χ4n) is 3.74. The van der Waals surface area contributed by atoms with Gasteiger partial charge in [-0.25, -0.2) is 4.98 Å². The van der Waals surface area contributed by atoms with E-state index in [0.29, 0.717) is 17.6 Å². The monoisotopic (exact) mass is 382 g/mol. The Hall–Kier alpha value is -3.65. The molecular weight excluding hydrogens is 360 g/mol. The van der Waals surface area contributed by atoms with Crippen molar-refractivity contribution in [1.82, 2.24) is 14.5 Å². The Labute approximate surface area is 169 Å². The summed E-state index contributed by atoms with van der Waals surface area (Å²) in [4.78, 5) is 20.1. The molecule has 0 saturated carbocycles. The molecule has 4 rings (SSSR count).